The number of nitrogens with zero attached hydrogens (tertiary/aromatic N) is 2. The van der Waals surface area contributed by atoms with Gasteiger partial charge in [-0.3, -0.25) is 9.59 Å². The first-order valence-corrected chi connectivity index (χ1v) is 7.47. The second-order valence-electron chi connectivity index (χ2n) is 5.33. The maximum absolute atomic E-state index is 12.7. The van der Waals surface area contributed by atoms with Crippen LogP contribution in [0.5, 0.6) is 0 Å². The minimum absolute atomic E-state index is 0.0761. The maximum atomic E-state index is 12.7. The molecule has 120 valence electrons. The van der Waals surface area contributed by atoms with Gasteiger partial charge in [-0.25, -0.2) is 0 Å². The van der Waals surface area contributed by atoms with E-state index in [9.17, 15) is 9.59 Å². The Balaban J connectivity index is 1.95. The zero-order valence-corrected chi connectivity index (χ0v) is 13.5. The molecule has 2 heterocycles. The van der Waals surface area contributed by atoms with Gasteiger partial charge in [0, 0.05) is 13.1 Å². The molecule has 0 saturated heterocycles. The quantitative estimate of drug-likeness (QED) is 0.789. The SMILES string of the molecule is COC(=O)C1CN(C(=O)c2nc(Cl)oc2C)Cc2ccccc21. The van der Waals surface area contributed by atoms with Gasteiger partial charge in [0.15, 0.2) is 5.69 Å². The summed E-state index contributed by atoms with van der Waals surface area (Å²) in [6.07, 6.45) is 0. The average Bonchev–Trinajstić information content (AvgIpc) is 2.90. The molecular formula is C16H15ClN2O4. The molecule has 1 aromatic carbocycles. The Kier molecular flexibility index (Phi) is 4.09. The van der Waals surface area contributed by atoms with E-state index in [-0.39, 0.29) is 29.5 Å². The summed E-state index contributed by atoms with van der Waals surface area (Å²) in [7, 11) is 1.34. The number of oxazole rings is 1. The lowest BCUT2D eigenvalue weighted by Crippen LogP contribution is -2.41. The van der Waals surface area contributed by atoms with Gasteiger partial charge >= 0.3 is 5.97 Å². The number of aryl methyl sites for hydroxylation is 1. The molecule has 0 fully saturated rings. The van der Waals surface area contributed by atoms with Crippen LogP contribution < -0.4 is 0 Å². The number of esters is 1. The summed E-state index contributed by atoms with van der Waals surface area (Å²) in [5.74, 6) is -0.850. The highest BCUT2D eigenvalue weighted by Gasteiger charge is 2.34. The van der Waals surface area contributed by atoms with Crippen LogP contribution in [0.4, 0.5) is 0 Å². The van der Waals surface area contributed by atoms with E-state index in [1.807, 2.05) is 24.3 Å². The van der Waals surface area contributed by atoms with Crippen molar-refractivity contribution in [3.05, 3.63) is 52.2 Å². The van der Waals surface area contributed by atoms with Gasteiger partial charge < -0.3 is 14.1 Å². The van der Waals surface area contributed by atoms with Crippen LogP contribution in [0.3, 0.4) is 0 Å². The van der Waals surface area contributed by atoms with Crippen LogP contribution in [-0.2, 0) is 16.1 Å². The number of benzene rings is 1. The molecule has 0 bridgehead atoms. The summed E-state index contributed by atoms with van der Waals surface area (Å²) in [5.41, 5.74) is 1.96. The molecule has 1 atom stereocenters. The van der Waals surface area contributed by atoms with E-state index in [2.05, 4.69) is 4.98 Å². The summed E-state index contributed by atoms with van der Waals surface area (Å²) in [6, 6.07) is 7.53. The van der Waals surface area contributed by atoms with E-state index < -0.39 is 5.92 Å². The van der Waals surface area contributed by atoms with Crippen molar-refractivity contribution < 1.29 is 18.7 Å². The van der Waals surface area contributed by atoms with Crippen molar-refractivity contribution in [2.45, 2.75) is 19.4 Å². The van der Waals surface area contributed by atoms with Gasteiger partial charge in [-0.2, -0.15) is 4.98 Å². The predicted octanol–water partition coefficient (Wildman–Crippen LogP) is 2.55. The highest BCUT2D eigenvalue weighted by atomic mass is 35.5. The Labute approximate surface area is 138 Å². The van der Waals surface area contributed by atoms with Gasteiger partial charge in [-0.05, 0) is 29.7 Å². The van der Waals surface area contributed by atoms with Gasteiger partial charge in [0.1, 0.15) is 5.76 Å². The van der Waals surface area contributed by atoms with Gasteiger partial charge in [0.2, 0.25) is 0 Å². The van der Waals surface area contributed by atoms with Crippen molar-refractivity contribution >= 4 is 23.5 Å². The van der Waals surface area contributed by atoms with Crippen LogP contribution in [-0.4, -0.2) is 35.4 Å². The average molecular weight is 335 g/mol. The number of rotatable bonds is 2. The predicted molar refractivity (Wildman–Crippen MR) is 82.2 cm³/mol. The summed E-state index contributed by atoms with van der Waals surface area (Å²) in [6.45, 7) is 2.25. The third kappa shape index (κ3) is 2.82. The van der Waals surface area contributed by atoms with Gasteiger partial charge in [0.05, 0.1) is 13.0 Å². The van der Waals surface area contributed by atoms with E-state index in [1.165, 1.54) is 7.11 Å². The Bertz CT molecular complexity index is 771. The van der Waals surface area contributed by atoms with Gasteiger partial charge in [-0.1, -0.05) is 24.3 Å². The summed E-state index contributed by atoms with van der Waals surface area (Å²) < 4.78 is 9.98. The summed E-state index contributed by atoms with van der Waals surface area (Å²) >= 11 is 5.71. The highest BCUT2D eigenvalue weighted by Crippen LogP contribution is 2.30. The molecule has 3 rings (SSSR count). The standard InChI is InChI=1S/C16H15ClN2O4/c1-9-13(18-16(17)23-9)14(20)19-7-10-5-3-4-6-11(10)12(8-19)15(21)22-2/h3-6,12H,7-8H2,1-2H3. The number of halogens is 1. The highest BCUT2D eigenvalue weighted by molar-refractivity contribution is 6.27. The zero-order valence-electron chi connectivity index (χ0n) is 12.7. The van der Waals surface area contributed by atoms with Crippen LogP contribution in [0.2, 0.25) is 5.35 Å². The molecule has 0 aliphatic carbocycles. The molecule has 0 spiro atoms. The Morgan fingerprint density at radius 1 is 1.39 bits per heavy atom. The van der Waals surface area contributed by atoms with Crippen molar-refractivity contribution in [3.63, 3.8) is 0 Å². The molecule has 0 saturated carbocycles. The number of amides is 1. The summed E-state index contributed by atoms with van der Waals surface area (Å²) in [5, 5.41) is -0.0761. The molecule has 1 aliphatic heterocycles. The smallest absolute Gasteiger partial charge is 0.314 e. The fourth-order valence-electron chi connectivity index (χ4n) is 2.82. The third-order valence-electron chi connectivity index (χ3n) is 3.94. The lowest BCUT2D eigenvalue weighted by Gasteiger charge is -2.33. The molecule has 0 N–H and O–H groups in total. The fraction of sp³-hybridized carbons (Fsp3) is 0.312. The Morgan fingerprint density at radius 3 is 2.78 bits per heavy atom. The fourth-order valence-corrected chi connectivity index (χ4v) is 3.02. The number of carbonyl (C=O) groups is 2. The van der Waals surface area contributed by atoms with Crippen LogP contribution in [0.25, 0.3) is 0 Å². The van der Waals surface area contributed by atoms with Crippen LogP contribution in [0.15, 0.2) is 28.7 Å². The Morgan fingerprint density at radius 2 is 2.13 bits per heavy atom. The molecule has 6 nitrogen and oxygen atoms in total. The number of hydrogen-bond donors (Lipinski definition) is 0. The van der Waals surface area contributed by atoms with Crippen molar-refractivity contribution in [3.8, 4) is 0 Å². The number of ether oxygens (including phenoxy) is 1. The van der Waals surface area contributed by atoms with Gasteiger partial charge in [-0.15, -0.1) is 0 Å². The third-order valence-corrected chi connectivity index (χ3v) is 4.10. The van der Waals surface area contributed by atoms with E-state index in [1.54, 1.807) is 11.8 Å². The number of fused-ring (bicyclic) bond motifs is 1. The van der Waals surface area contributed by atoms with Crippen molar-refractivity contribution in [2.75, 3.05) is 13.7 Å². The Hall–Kier alpha value is -2.34. The van der Waals surface area contributed by atoms with Crippen LogP contribution in [0.1, 0.15) is 33.3 Å². The summed E-state index contributed by atoms with van der Waals surface area (Å²) in [4.78, 5) is 30.3. The first-order valence-electron chi connectivity index (χ1n) is 7.09. The lowest BCUT2D eigenvalue weighted by atomic mass is 9.89. The minimum atomic E-state index is -0.517. The molecular weight excluding hydrogens is 320 g/mol. The number of carbonyl (C=O) groups excluding carboxylic acids is 2. The number of methoxy groups -OCH3 is 1. The number of aromatic nitrogens is 1. The minimum Gasteiger partial charge on any atom is -0.468 e. The molecule has 7 heteroatoms. The molecule has 1 aromatic heterocycles. The monoisotopic (exact) mass is 334 g/mol. The topological polar surface area (TPSA) is 72.6 Å². The number of hydrogen-bond acceptors (Lipinski definition) is 5. The lowest BCUT2D eigenvalue weighted by molar-refractivity contribution is -0.143. The molecule has 23 heavy (non-hydrogen) atoms. The maximum Gasteiger partial charge on any atom is 0.314 e. The molecule has 1 amide bonds. The molecule has 1 unspecified atom stereocenters. The van der Waals surface area contributed by atoms with Gasteiger partial charge in [0.25, 0.3) is 11.3 Å². The second kappa shape index (κ2) is 6.04. The normalized spacial score (nSPS) is 16.8. The first-order chi connectivity index (χ1) is 11.0. The van der Waals surface area contributed by atoms with E-state index in [4.69, 9.17) is 20.8 Å². The molecule has 1 aliphatic rings. The van der Waals surface area contributed by atoms with E-state index in [0.717, 1.165) is 11.1 Å². The van der Waals surface area contributed by atoms with Crippen LogP contribution >= 0.6 is 11.6 Å². The molecule has 2 aromatic rings. The van der Waals surface area contributed by atoms with Crippen molar-refractivity contribution in [1.82, 2.24) is 9.88 Å². The van der Waals surface area contributed by atoms with Crippen molar-refractivity contribution in [2.24, 2.45) is 0 Å². The van der Waals surface area contributed by atoms with E-state index in [0.29, 0.717) is 12.3 Å². The first kappa shape index (κ1) is 15.6. The largest absolute Gasteiger partial charge is 0.468 e. The second-order valence-corrected chi connectivity index (χ2v) is 5.66. The van der Waals surface area contributed by atoms with Crippen molar-refractivity contribution in [1.29, 1.82) is 0 Å². The molecule has 0 radical (unpaired) electrons. The zero-order chi connectivity index (χ0) is 16.6. The van der Waals surface area contributed by atoms with E-state index >= 15 is 0 Å². The van der Waals surface area contributed by atoms with Crippen LogP contribution in [0, 0.1) is 6.92 Å².